The minimum absolute atomic E-state index is 0.187. The number of hydrogen-bond donors (Lipinski definition) is 0. The number of carbonyl (C=O) groups excluding carboxylic acids is 1. The van der Waals surface area contributed by atoms with Crippen LogP contribution < -0.4 is 29.1 Å². The molecule has 3 aromatic carbocycles. The molecule has 0 fully saturated rings. The summed E-state index contributed by atoms with van der Waals surface area (Å²) in [7, 11) is 3.10. The quantitative estimate of drug-likeness (QED) is 0.233. The standard InChI is InChI=1S/C32H29BrN2O6S/c1-5-40-31(37)28-19(2)34-32-35(29(28)23-13-12-22(38-3)17-26(23)39-4)30(36)27(42-32)16-21-11-14-25(24(33)15-21)41-18-20-9-7-6-8-10-20/h6-17,29H,5,18H2,1-4H3. The summed E-state index contributed by atoms with van der Waals surface area (Å²) < 4.78 is 25.2. The van der Waals surface area contributed by atoms with Gasteiger partial charge in [0, 0.05) is 11.6 Å². The molecule has 0 saturated carbocycles. The van der Waals surface area contributed by atoms with Gasteiger partial charge < -0.3 is 18.9 Å². The summed E-state index contributed by atoms with van der Waals surface area (Å²) in [4.78, 5) is 32.3. The van der Waals surface area contributed by atoms with E-state index in [-0.39, 0.29) is 17.7 Å². The van der Waals surface area contributed by atoms with Gasteiger partial charge in [-0.25, -0.2) is 9.79 Å². The Morgan fingerprint density at radius 3 is 2.52 bits per heavy atom. The van der Waals surface area contributed by atoms with Gasteiger partial charge in [0.15, 0.2) is 4.80 Å². The van der Waals surface area contributed by atoms with Crippen molar-refractivity contribution in [3.05, 3.63) is 119 Å². The molecule has 0 spiro atoms. The predicted molar refractivity (Wildman–Crippen MR) is 165 cm³/mol. The third-order valence-corrected chi connectivity index (χ3v) is 8.35. The Morgan fingerprint density at radius 1 is 1.05 bits per heavy atom. The van der Waals surface area contributed by atoms with Crippen molar-refractivity contribution in [2.45, 2.75) is 26.5 Å². The third-order valence-electron chi connectivity index (χ3n) is 6.74. The van der Waals surface area contributed by atoms with Crippen LogP contribution in [0.3, 0.4) is 0 Å². The van der Waals surface area contributed by atoms with Gasteiger partial charge in [0.2, 0.25) is 0 Å². The second-order valence-electron chi connectivity index (χ2n) is 9.37. The number of thiazole rings is 1. The predicted octanol–water partition coefficient (Wildman–Crippen LogP) is 5.16. The number of carbonyl (C=O) groups is 1. The number of allylic oxidation sites excluding steroid dienone is 1. The fourth-order valence-corrected chi connectivity index (χ4v) is 6.30. The van der Waals surface area contributed by atoms with Crippen molar-refractivity contribution in [3.8, 4) is 17.2 Å². The molecule has 1 unspecified atom stereocenters. The molecule has 0 amide bonds. The Hall–Kier alpha value is -4.15. The van der Waals surface area contributed by atoms with Crippen molar-refractivity contribution in [3.63, 3.8) is 0 Å². The first kappa shape index (κ1) is 29.3. The Bertz CT molecular complexity index is 1840. The molecule has 0 bridgehead atoms. The monoisotopic (exact) mass is 648 g/mol. The summed E-state index contributed by atoms with van der Waals surface area (Å²) in [6.07, 6.45) is 1.81. The molecule has 0 aliphatic carbocycles. The topological polar surface area (TPSA) is 88.4 Å². The molecule has 4 aromatic rings. The van der Waals surface area contributed by atoms with Gasteiger partial charge in [-0.3, -0.25) is 9.36 Å². The minimum Gasteiger partial charge on any atom is -0.497 e. The number of fused-ring (bicyclic) bond motifs is 1. The molecule has 0 N–H and O–H groups in total. The molecule has 1 aliphatic heterocycles. The van der Waals surface area contributed by atoms with Crippen LogP contribution in [-0.2, 0) is 16.1 Å². The normalized spacial score (nSPS) is 14.7. The van der Waals surface area contributed by atoms with E-state index in [0.717, 1.165) is 15.6 Å². The van der Waals surface area contributed by atoms with Crippen LogP contribution in [0.25, 0.3) is 6.08 Å². The molecule has 5 rings (SSSR count). The zero-order valence-electron chi connectivity index (χ0n) is 23.5. The molecule has 216 valence electrons. The van der Waals surface area contributed by atoms with Crippen LogP contribution in [0.5, 0.6) is 17.2 Å². The Balaban J connectivity index is 1.58. The minimum atomic E-state index is -0.802. The summed E-state index contributed by atoms with van der Waals surface area (Å²) in [5, 5.41) is 0. The van der Waals surface area contributed by atoms with Crippen molar-refractivity contribution in [2.75, 3.05) is 20.8 Å². The molecular weight excluding hydrogens is 620 g/mol. The summed E-state index contributed by atoms with van der Waals surface area (Å²) >= 11 is 4.85. The van der Waals surface area contributed by atoms with Gasteiger partial charge in [-0.2, -0.15) is 0 Å². The fraction of sp³-hybridized carbons (Fsp3) is 0.219. The number of aromatic nitrogens is 1. The SMILES string of the molecule is CCOC(=O)C1=C(C)N=c2sc(=Cc3ccc(OCc4ccccc4)c(Br)c3)c(=O)n2C1c1ccc(OC)cc1OC. The lowest BCUT2D eigenvalue weighted by molar-refractivity contribution is -0.139. The van der Waals surface area contributed by atoms with Crippen LogP contribution in [0, 0.1) is 0 Å². The molecule has 8 nitrogen and oxygen atoms in total. The number of hydrogen-bond acceptors (Lipinski definition) is 8. The maximum absolute atomic E-state index is 14.0. The van der Waals surface area contributed by atoms with Crippen molar-refractivity contribution in [1.82, 2.24) is 4.57 Å². The number of benzene rings is 3. The lowest BCUT2D eigenvalue weighted by Crippen LogP contribution is -2.40. The van der Waals surface area contributed by atoms with Gasteiger partial charge in [0.05, 0.1) is 41.1 Å². The highest BCUT2D eigenvalue weighted by atomic mass is 79.9. The Kier molecular flexibility index (Phi) is 8.94. The first-order valence-corrected chi connectivity index (χ1v) is 14.8. The number of methoxy groups -OCH3 is 2. The van der Waals surface area contributed by atoms with E-state index in [1.807, 2.05) is 48.5 Å². The smallest absolute Gasteiger partial charge is 0.338 e. The summed E-state index contributed by atoms with van der Waals surface area (Å²) in [5.74, 6) is 1.22. The summed E-state index contributed by atoms with van der Waals surface area (Å²) in [6, 6.07) is 20.1. The average molecular weight is 650 g/mol. The summed E-state index contributed by atoms with van der Waals surface area (Å²) in [6.45, 7) is 4.11. The first-order valence-electron chi connectivity index (χ1n) is 13.2. The van der Waals surface area contributed by atoms with Gasteiger partial charge in [-0.05, 0) is 71.2 Å². The van der Waals surface area contributed by atoms with E-state index in [4.69, 9.17) is 18.9 Å². The van der Waals surface area contributed by atoms with E-state index in [1.54, 1.807) is 45.2 Å². The third kappa shape index (κ3) is 5.91. The van der Waals surface area contributed by atoms with Gasteiger partial charge in [0.25, 0.3) is 5.56 Å². The van der Waals surface area contributed by atoms with Crippen LogP contribution >= 0.6 is 27.3 Å². The lowest BCUT2D eigenvalue weighted by atomic mass is 9.95. The number of rotatable bonds is 9. The highest BCUT2D eigenvalue weighted by Crippen LogP contribution is 2.37. The molecule has 1 atom stereocenters. The number of nitrogens with zero attached hydrogens (tertiary/aromatic N) is 2. The van der Waals surface area contributed by atoms with Crippen molar-refractivity contribution >= 4 is 39.3 Å². The largest absolute Gasteiger partial charge is 0.497 e. The highest BCUT2D eigenvalue weighted by molar-refractivity contribution is 9.10. The lowest BCUT2D eigenvalue weighted by Gasteiger charge is -2.26. The number of halogens is 1. The van der Waals surface area contributed by atoms with Gasteiger partial charge >= 0.3 is 5.97 Å². The van der Waals surface area contributed by atoms with Crippen LogP contribution in [-0.4, -0.2) is 31.4 Å². The molecule has 1 aromatic heterocycles. The second kappa shape index (κ2) is 12.8. The van der Waals surface area contributed by atoms with E-state index in [9.17, 15) is 9.59 Å². The van der Waals surface area contributed by atoms with Crippen molar-refractivity contribution in [1.29, 1.82) is 0 Å². The zero-order chi connectivity index (χ0) is 29.8. The Morgan fingerprint density at radius 2 is 1.83 bits per heavy atom. The number of esters is 1. The van der Waals surface area contributed by atoms with E-state index in [0.29, 0.717) is 44.4 Å². The molecule has 0 saturated heterocycles. The van der Waals surface area contributed by atoms with Gasteiger partial charge in [0.1, 0.15) is 29.9 Å². The van der Waals surface area contributed by atoms with Crippen molar-refractivity contribution < 1.29 is 23.7 Å². The molecule has 10 heteroatoms. The molecular formula is C32H29BrN2O6S. The van der Waals surface area contributed by atoms with Crippen LogP contribution in [0.15, 0.2) is 92.3 Å². The fourth-order valence-electron chi connectivity index (χ4n) is 4.74. The van der Waals surface area contributed by atoms with E-state index < -0.39 is 12.0 Å². The maximum atomic E-state index is 14.0. The van der Waals surface area contributed by atoms with E-state index in [2.05, 4.69) is 20.9 Å². The number of ether oxygens (including phenoxy) is 4. The molecule has 2 heterocycles. The van der Waals surface area contributed by atoms with E-state index >= 15 is 0 Å². The van der Waals surface area contributed by atoms with Gasteiger partial charge in [-0.15, -0.1) is 0 Å². The second-order valence-corrected chi connectivity index (χ2v) is 11.2. The first-order chi connectivity index (χ1) is 20.3. The summed E-state index contributed by atoms with van der Waals surface area (Å²) in [5.41, 5.74) is 2.96. The van der Waals surface area contributed by atoms with E-state index in [1.165, 1.54) is 23.0 Å². The van der Waals surface area contributed by atoms with Crippen molar-refractivity contribution in [2.24, 2.45) is 4.99 Å². The Labute approximate surface area is 255 Å². The zero-order valence-corrected chi connectivity index (χ0v) is 26.0. The van der Waals surface area contributed by atoms with Crippen LogP contribution in [0.4, 0.5) is 0 Å². The average Bonchev–Trinajstić information content (AvgIpc) is 3.30. The van der Waals surface area contributed by atoms with Crippen LogP contribution in [0.2, 0.25) is 0 Å². The maximum Gasteiger partial charge on any atom is 0.338 e. The molecule has 0 radical (unpaired) electrons. The molecule has 1 aliphatic rings. The van der Waals surface area contributed by atoms with Crippen LogP contribution in [0.1, 0.15) is 36.6 Å². The molecule has 42 heavy (non-hydrogen) atoms. The van der Waals surface area contributed by atoms with Gasteiger partial charge in [-0.1, -0.05) is 47.7 Å². The highest BCUT2D eigenvalue weighted by Gasteiger charge is 2.35.